The van der Waals surface area contributed by atoms with Crippen LogP contribution in [0, 0.1) is 0 Å². The second-order valence-corrected chi connectivity index (χ2v) is 6.28. The van der Waals surface area contributed by atoms with Crippen LogP contribution < -0.4 is 5.32 Å². The Kier molecular flexibility index (Phi) is 5.34. The highest BCUT2D eigenvalue weighted by Gasteiger charge is 2.18. The molecule has 1 aromatic heterocycles. The fourth-order valence-electron chi connectivity index (χ4n) is 1.20. The van der Waals surface area contributed by atoms with Gasteiger partial charge in [0.15, 0.2) is 0 Å². The molecule has 1 amide bonds. The van der Waals surface area contributed by atoms with Crippen molar-refractivity contribution < 1.29 is 4.79 Å². The van der Waals surface area contributed by atoms with Gasteiger partial charge in [0.1, 0.15) is 4.88 Å². The summed E-state index contributed by atoms with van der Waals surface area (Å²) in [5, 5.41) is 6.85. The van der Waals surface area contributed by atoms with Crippen molar-refractivity contribution in [1.82, 2.24) is 14.9 Å². The molecule has 1 heterocycles. The number of hydrogen-bond acceptors (Lipinski definition) is 4. The first-order chi connectivity index (χ1) is 7.52. The number of nitrogens with zero attached hydrogens (tertiary/aromatic N) is 2. The molecular weight excluding hydrogens is 290 g/mol. The fraction of sp³-hybridized carbons (Fsp3) is 0.700. The molecule has 90 valence electrons. The molecular formula is C10H16BrN3OS. The fourth-order valence-corrected chi connectivity index (χ4v) is 2.16. The van der Waals surface area contributed by atoms with Crippen molar-refractivity contribution in [3.63, 3.8) is 0 Å². The van der Waals surface area contributed by atoms with Crippen LogP contribution in [-0.4, -0.2) is 26.9 Å². The van der Waals surface area contributed by atoms with E-state index in [1.807, 2.05) is 13.8 Å². The Morgan fingerprint density at radius 2 is 2.19 bits per heavy atom. The summed E-state index contributed by atoms with van der Waals surface area (Å²) in [6, 6.07) is 0. The lowest BCUT2D eigenvalue weighted by Crippen LogP contribution is -2.25. The zero-order valence-corrected chi connectivity index (χ0v) is 12.1. The van der Waals surface area contributed by atoms with Crippen LogP contribution in [0.4, 0.5) is 0 Å². The zero-order valence-electron chi connectivity index (χ0n) is 9.66. The summed E-state index contributed by atoms with van der Waals surface area (Å²) in [5.41, 5.74) is 0.786. The van der Waals surface area contributed by atoms with Crippen LogP contribution >= 0.6 is 27.5 Å². The second kappa shape index (κ2) is 6.30. The maximum Gasteiger partial charge on any atom is 0.264 e. The lowest BCUT2D eigenvalue weighted by Gasteiger charge is -2.06. The Morgan fingerprint density at radius 1 is 1.50 bits per heavy atom. The molecule has 0 bridgehead atoms. The van der Waals surface area contributed by atoms with Gasteiger partial charge in [0.25, 0.3) is 5.91 Å². The number of halogens is 1. The van der Waals surface area contributed by atoms with Crippen LogP contribution in [0.15, 0.2) is 0 Å². The van der Waals surface area contributed by atoms with E-state index >= 15 is 0 Å². The minimum atomic E-state index is -0.0631. The van der Waals surface area contributed by atoms with Crippen molar-refractivity contribution >= 4 is 33.4 Å². The number of carbonyl (C=O) groups is 1. The first-order valence-electron chi connectivity index (χ1n) is 5.27. The summed E-state index contributed by atoms with van der Waals surface area (Å²) in [6.45, 7) is 6.74. The minimum absolute atomic E-state index is 0.0631. The zero-order chi connectivity index (χ0) is 12.1. The second-order valence-electron chi connectivity index (χ2n) is 3.97. The Morgan fingerprint density at radius 3 is 2.75 bits per heavy atom. The van der Waals surface area contributed by atoms with E-state index < -0.39 is 0 Å². The standard InChI is InChI=1S/C10H16BrN3OS/c1-6(2)8-9(16-14-13-8)10(15)12-5-4-7(3)11/h6-7H,4-5H2,1-3H3,(H,12,15). The molecule has 0 saturated heterocycles. The van der Waals surface area contributed by atoms with Gasteiger partial charge in [0, 0.05) is 11.4 Å². The van der Waals surface area contributed by atoms with E-state index in [2.05, 4.69) is 37.8 Å². The summed E-state index contributed by atoms with van der Waals surface area (Å²) in [5.74, 6) is 0.168. The third-order valence-corrected chi connectivity index (χ3v) is 3.29. The summed E-state index contributed by atoms with van der Waals surface area (Å²) in [6.07, 6.45) is 0.912. The molecule has 4 nitrogen and oxygen atoms in total. The average Bonchev–Trinajstić information content (AvgIpc) is 2.65. The van der Waals surface area contributed by atoms with Gasteiger partial charge in [-0.25, -0.2) is 0 Å². The van der Waals surface area contributed by atoms with Gasteiger partial charge in [0.05, 0.1) is 5.69 Å². The lowest BCUT2D eigenvalue weighted by molar-refractivity contribution is 0.0956. The van der Waals surface area contributed by atoms with Crippen molar-refractivity contribution in [2.75, 3.05) is 6.54 Å². The Balaban J connectivity index is 2.56. The maximum absolute atomic E-state index is 11.8. The summed E-state index contributed by atoms with van der Waals surface area (Å²) in [7, 11) is 0. The molecule has 0 aliphatic rings. The quantitative estimate of drug-likeness (QED) is 0.851. The molecule has 0 fully saturated rings. The topological polar surface area (TPSA) is 54.9 Å². The van der Waals surface area contributed by atoms with Crippen molar-refractivity contribution in [3.8, 4) is 0 Å². The van der Waals surface area contributed by atoms with Crippen molar-refractivity contribution in [3.05, 3.63) is 10.6 Å². The molecule has 1 N–H and O–H groups in total. The summed E-state index contributed by atoms with van der Waals surface area (Å²) >= 11 is 4.60. The molecule has 0 spiro atoms. The predicted molar refractivity (Wildman–Crippen MR) is 69.3 cm³/mol. The van der Waals surface area contributed by atoms with Gasteiger partial charge in [-0.3, -0.25) is 4.79 Å². The molecule has 1 unspecified atom stereocenters. The number of carbonyl (C=O) groups excluding carboxylic acids is 1. The van der Waals surface area contributed by atoms with Crippen LogP contribution in [0.5, 0.6) is 0 Å². The molecule has 0 aliphatic heterocycles. The van der Waals surface area contributed by atoms with Crippen LogP contribution in [0.2, 0.25) is 0 Å². The van der Waals surface area contributed by atoms with E-state index in [4.69, 9.17) is 0 Å². The van der Waals surface area contributed by atoms with Gasteiger partial charge in [-0.15, -0.1) is 5.10 Å². The highest BCUT2D eigenvalue weighted by molar-refractivity contribution is 9.09. The van der Waals surface area contributed by atoms with Gasteiger partial charge in [0.2, 0.25) is 0 Å². The molecule has 1 aromatic rings. The van der Waals surface area contributed by atoms with E-state index in [0.29, 0.717) is 16.2 Å². The molecule has 16 heavy (non-hydrogen) atoms. The third kappa shape index (κ3) is 3.83. The van der Waals surface area contributed by atoms with Crippen LogP contribution in [0.3, 0.4) is 0 Å². The number of aromatic nitrogens is 2. The molecule has 1 rings (SSSR count). The molecule has 0 saturated carbocycles. The molecule has 0 aliphatic carbocycles. The maximum atomic E-state index is 11.8. The van der Waals surface area contributed by atoms with Crippen LogP contribution in [0.25, 0.3) is 0 Å². The normalized spacial score (nSPS) is 12.8. The van der Waals surface area contributed by atoms with E-state index in [-0.39, 0.29) is 11.8 Å². The van der Waals surface area contributed by atoms with Crippen molar-refractivity contribution in [2.24, 2.45) is 0 Å². The van der Waals surface area contributed by atoms with E-state index in [1.165, 1.54) is 0 Å². The number of amides is 1. The number of hydrogen-bond donors (Lipinski definition) is 1. The number of rotatable bonds is 5. The summed E-state index contributed by atoms with van der Waals surface area (Å²) < 4.78 is 3.83. The van der Waals surface area contributed by atoms with E-state index in [9.17, 15) is 4.79 Å². The van der Waals surface area contributed by atoms with Gasteiger partial charge in [-0.2, -0.15) is 0 Å². The van der Waals surface area contributed by atoms with Gasteiger partial charge in [-0.1, -0.05) is 41.2 Å². The Bertz CT molecular complexity index is 352. The largest absolute Gasteiger partial charge is 0.351 e. The SMILES string of the molecule is CC(Br)CCNC(=O)c1snnc1C(C)C. The molecule has 0 radical (unpaired) electrons. The predicted octanol–water partition coefficient (Wildman–Crippen LogP) is 2.56. The van der Waals surface area contributed by atoms with E-state index in [1.54, 1.807) is 0 Å². The van der Waals surface area contributed by atoms with Gasteiger partial charge >= 0.3 is 0 Å². The molecule has 1 atom stereocenters. The highest BCUT2D eigenvalue weighted by Crippen LogP contribution is 2.19. The van der Waals surface area contributed by atoms with Gasteiger partial charge in [-0.05, 0) is 23.9 Å². The monoisotopic (exact) mass is 305 g/mol. The molecule has 6 heteroatoms. The average molecular weight is 306 g/mol. The minimum Gasteiger partial charge on any atom is -0.351 e. The van der Waals surface area contributed by atoms with Crippen molar-refractivity contribution in [2.45, 2.75) is 37.9 Å². The number of nitrogens with one attached hydrogen (secondary N) is 1. The Hall–Kier alpha value is -0.490. The van der Waals surface area contributed by atoms with Crippen molar-refractivity contribution in [1.29, 1.82) is 0 Å². The smallest absolute Gasteiger partial charge is 0.264 e. The number of alkyl halides is 1. The van der Waals surface area contributed by atoms with Crippen LogP contribution in [-0.2, 0) is 0 Å². The van der Waals surface area contributed by atoms with Gasteiger partial charge < -0.3 is 5.32 Å². The third-order valence-electron chi connectivity index (χ3n) is 2.09. The first-order valence-corrected chi connectivity index (χ1v) is 6.95. The first kappa shape index (κ1) is 13.6. The summed E-state index contributed by atoms with van der Waals surface area (Å²) in [4.78, 5) is 12.9. The lowest BCUT2D eigenvalue weighted by atomic mass is 10.1. The van der Waals surface area contributed by atoms with Crippen LogP contribution in [0.1, 0.15) is 48.5 Å². The molecule has 0 aromatic carbocycles. The van der Waals surface area contributed by atoms with E-state index in [0.717, 1.165) is 23.6 Å². The Labute approximate surface area is 108 Å². The highest BCUT2D eigenvalue weighted by atomic mass is 79.9.